The van der Waals surface area contributed by atoms with Crippen LogP contribution in [0, 0.1) is 11.8 Å². The maximum atomic E-state index is 11.7. The molecule has 1 fully saturated rings. The van der Waals surface area contributed by atoms with Crippen molar-refractivity contribution in [2.45, 2.75) is 6.92 Å². The number of hydrogen-bond donors (Lipinski definition) is 2. The Morgan fingerprint density at radius 2 is 2.14 bits per heavy atom. The van der Waals surface area contributed by atoms with Crippen LogP contribution >= 0.6 is 0 Å². The first kappa shape index (κ1) is 11.0. The lowest BCUT2D eigenvalue weighted by atomic mass is 9.88. The van der Waals surface area contributed by atoms with E-state index in [1.165, 1.54) is 4.90 Å². The topological polar surface area (TPSA) is 75.4 Å². The van der Waals surface area contributed by atoms with Gasteiger partial charge in [0.1, 0.15) is 0 Å². The first-order valence-corrected chi connectivity index (χ1v) is 4.76. The first-order valence-electron chi connectivity index (χ1n) is 4.76. The van der Waals surface area contributed by atoms with Crippen molar-refractivity contribution in [2.24, 2.45) is 17.6 Å². The second kappa shape index (κ2) is 4.41. The van der Waals surface area contributed by atoms with E-state index >= 15 is 0 Å². The number of carbonyl (C=O) groups excluding carboxylic acids is 2. The molecule has 0 spiro atoms. The van der Waals surface area contributed by atoms with Crippen molar-refractivity contribution >= 4 is 11.8 Å². The van der Waals surface area contributed by atoms with Gasteiger partial charge in [0.25, 0.3) is 0 Å². The average Bonchev–Trinajstić information content (AvgIpc) is 1.98. The average molecular weight is 199 g/mol. The number of likely N-dealkylation sites (N-methyl/N-ethyl adjacent to an activating group) is 1. The number of rotatable bonds is 4. The number of nitrogens with two attached hydrogens (primary N) is 1. The molecule has 5 nitrogen and oxygen atoms in total. The van der Waals surface area contributed by atoms with Crippen LogP contribution in [-0.2, 0) is 9.59 Å². The van der Waals surface area contributed by atoms with E-state index in [-0.39, 0.29) is 18.4 Å². The maximum absolute atomic E-state index is 11.7. The van der Waals surface area contributed by atoms with Gasteiger partial charge in [-0.05, 0) is 19.0 Å². The molecule has 2 amide bonds. The van der Waals surface area contributed by atoms with Crippen LogP contribution in [0.3, 0.4) is 0 Å². The van der Waals surface area contributed by atoms with Crippen molar-refractivity contribution in [1.82, 2.24) is 10.2 Å². The summed E-state index contributed by atoms with van der Waals surface area (Å²) in [5.41, 5.74) is 5.01. The SMILES string of the molecule is CC(C(=O)N(C)CC(N)=O)C1CNC1. The van der Waals surface area contributed by atoms with E-state index in [2.05, 4.69) is 5.32 Å². The van der Waals surface area contributed by atoms with Gasteiger partial charge in [0.2, 0.25) is 11.8 Å². The summed E-state index contributed by atoms with van der Waals surface area (Å²) in [4.78, 5) is 23.7. The standard InChI is InChI=1S/C9H17N3O2/c1-6(7-3-11-4-7)9(14)12(2)5-8(10)13/h6-7,11H,3-5H2,1-2H3,(H2,10,13). The molecule has 0 aromatic heterocycles. The summed E-state index contributed by atoms with van der Waals surface area (Å²) in [5.74, 6) is -0.103. The fourth-order valence-electron chi connectivity index (χ4n) is 1.53. The maximum Gasteiger partial charge on any atom is 0.237 e. The Morgan fingerprint density at radius 1 is 1.57 bits per heavy atom. The molecule has 0 aromatic carbocycles. The molecule has 5 heteroatoms. The van der Waals surface area contributed by atoms with Gasteiger partial charge in [0.05, 0.1) is 6.54 Å². The van der Waals surface area contributed by atoms with Gasteiger partial charge in [-0.25, -0.2) is 0 Å². The van der Waals surface area contributed by atoms with E-state index in [4.69, 9.17) is 5.73 Å². The van der Waals surface area contributed by atoms with E-state index in [0.29, 0.717) is 5.92 Å². The van der Waals surface area contributed by atoms with Crippen LogP contribution in [0.1, 0.15) is 6.92 Å². The van der Waals surface area contributed by atoms with Crippen LogP contribution in [0.25, 0.3) is 0 Å². The summed E-state index contributed by atoms with van der Waals surface area (Å²) in [5, 5.41) is 3.11. The molecule has 1 unspecified atom stereocenters. The third-order valence-corrected chi connectivity index (χ3v) is 2.68. The highest BCUT2D eigenvalue weighted by atomic mass is 16.2. The van der Waals surface area contributed by atoms with Gasteiger partial charge in [-0.3, -0.25) is 9.59 Å². The largest absolute Gasteiger partial charge is 0.368 e. The molecule has 1 saturated heterocycles. The van der Waals surface area contributed by atoms with Crippen LogP contribution in [0.4, 0.5) is 0 Å². The fourth-order valence-corrected chi connectivity index (χ4v) is 1.53. The minimum absolute atomic E-state index is 0.00330. The van der Waals surface area contributed by atoms with Crippen molar-refractivity contribution in [3.63, 3.8) is 0 Å². The number of nitrogens with zero attached hydrogens (tertiary/aromatic N) is 1. The Hall–Kier alpha value is -1.10. The van der Waals surface area contributed by atoms with Gasteiger partial charge in [0.15, 0.2) is 0 Å². The lowest BCUT2D eigenvalue weighted by Crippen LogP contribution is -2.50. The highest BCUT2D eigenvalue weighted by Crippen LogP contribution is 2.17. The smallest absolute Gasteiger partial charge is 0.237 e. The van der Waals surface area contributed by atoms with E-state index in [1.54, 1.807) is 7.05 Å². The first-order chi connectivity index (χ1) is 6.52. The van der Waals surface area contributed by atoms with E-state index < -0.39 is 5.91 Å². The van der Waals surface area contributed by atoms with Crippen molar-refractivity contribution < 1.29 is 9.59 Å². The van der Waals surface area contributed by atoms with E-state index in [0.717, 1.165) is 13.1 Å². The second-order valence-electron chi connectivity index (χ2n) is 3.87. The fraction of sp³-hybridized carbons (Fsp3) is 0.778. The molecule has 14 heavy (non-hydrogen) atoms. The second-order valence-corrected chi connectivity index (χ2v) is 3.87. The van der Waals surface area contributed by atoms with Gasteiger partial charge in [-0.2, -0.15) is 0 Å². The molecule has 0 aliphatic carbocycles. The van der Waals surface area contributed by atoms with Gasteiger partial charge in [0, 0.05) is 13.0 Å². The molecule has 1 aliphatic rings. The highest BCUT2D eigenvalue weighted by molar-refractivity contribution is 5.84. The molecule has 0 radical (unpaired) electrons. The Balaban J connectivity index is 2.42. The third kappa shape index (κ3) is 2.45. The Bertz CT molecular complexity index is 238. The van der Waals surface area contributed by atoms with Crippen LogP contribution in [0.5, 0.6) is 0 Å². The minimum atomic E-state index is -0.472. The Morgan fingerprint density at radius 3 is 2.50 bits per heavy atom. The molecular weight excluding hydrogens is 182 g/mol. The number of nitrogens with one attached hydrogen (secondary N) is 1. The summed E-state index contributed by atoms with van der Waals surface area (Å²) < 4.78 is 0. The van der Waals surface area contributed by atoms with Crippen LogP contribution < -0.4 is 11.1 Å². The van der Waals surface area contributed by atoms with Crippen molar-refractivity contribution in [3.8, 4) is 0 Å². The van der Waals surface area contributed by atoms with E-state index in [9.17, 15) is 9.59 Å². The van der Waals surface area contributed by atoms with E-state index in [1.807, 2.05) is 6.92 Å². The molecule has 1 atom stereocenters. The zero-order valence-electron chi connectivity index (χ0n) is 8.62. The van der Waals surface area contributed by atoms with Gasteiger partial charge in [-0.1, -0.05) is 6.92 Å². The van der Waals surface area contributed by atoms with Crippen molar-refractivity contribution in [2.75, 3.05) is 26.7 Å². The molecule has 1 aliphatic heterocycles. The minimum Gasteiger partial charge on any atom is -0.368 e. The predicted molar refractivity (Wildman–Crippen MR) is 52.4 cm³/mol. The lowest BCUT2D eigenvalue weighted by Gasteiger charge is -2.33. The Labute approximate surface area is 83.6 Å². The summed E-state index contributed by atoms with van der Waals surface area (Å²) in [7, 11) is 1.61. The Kier molecular flexibility index (Phi) is 3.46. The molecule has 0 bridgehead atoms. The number of primary amides is 1. The normalized spacial score (nSPS) is 18.4. The molecule has 0 saturated carbocycles. The molecule has 80 valence electrons. The lowest BCUT2D eigenvalue weighted by molar-refractivity contribution is -0.138. The van der Waals surface area contributed by atoms with Gasteiger partial charge < -0.3 is 16.0 Å². The summed E-state index contributed by atoms with van der Waals surface area (Å²) in [6, 6.07) is 0. The van der Waals surface area contributed by atoms with Crippen LogP contribution in [0.2, 0.25) is 0 Å². The van der Waals surface area contributed by atoms with Crippen molar-refractivity contribution in [1.29, 1.82) is 0 Å². The molecule has 1 heterocycles. The third-order valence-electron chi connectivity index (χ3n) is 2.68. The summed E-state index contributed by atoms with van der Waals surface area (Å²) in [6.45, 7) is 3.67. The quantitative estimate of drug-likeness (QED) is 0.596. The molecule has 3 N–H and O–H groups in total. The summed E-state index contributed by atoms with van der Waals surface area (Å²) in [6.07, 6.45) is 0. The zero-order chi connectivity index (χ0) is 10.7. The molecular formula is C9H17N3O2. The predicted octanol–water partition coefficient (Wildman–Crippen LogP) is -1.21. The highest BCUT2D eigenvalue weighted by Gasteiger charge is 2.30. The van der Waals surface area contributed by atoms with Crippen LogP contribution in [0.15, 0.2) is 0 Å². The number of carbonyl (C=O) groups is 2. The number of amides is 2. The monoisotopic (exact) mass is 199 g/mol. The van der Waals surface area contributed by atoms with Crippen LogP contribution in [-0.4, -0.2) is 43.4 Å². The van der Waals surface area contributed by atoms with Gasteiger partial charge in [-0.15, -0.1) is 0 Å². The van der Waals surface area contributed by atoms with Crippen molar-refractivity contribution in [3.05, 3.63) is 0 Å². The molecule has 1 rings (SSSR count). The molecule has 0 aromatic rings. The summed E-state index contributed by atoms with van der Waals surface area (Å²) >= 11 is 0. The number of hydrogen-bond acceptors (Lipinski definition) is 3. The zero-order valence-corrected chi connectivity index (χ0v) is 8.62. The van der Waals surface area contributed by atoms with Gasteiger partial charge >= 0.3 is 0 Å².